The number of piperidine rings is 1. The van der Waals surface area contributed by atoms with Gasteiger partial charge in [0.25, 0.3) is 0 Å². The molecule has 4 heteroatoms. The molecule has 2 rings (SSSR count). The third-order valence-electron chi connectivity index (χ3n) is 2.99. The molecule has 2 atom stereocenters. The van der Waals surface area contributed by atoms with Crippen LogP contribution >= 0.6 is 11.6 Å². The van der Waals surface area contributed by atoms with Crippen LogP contribution in [0.4, 0.5) is 5.82 Å². The van der Waals surface area contributed by atoms with Crippen molar-refractivity contribution in [1.82, 2.24) is 9.97 Å². The second kappa shape index (κ2) is 4.58. The molecule has 0 unspecified atom stereocenters. The lowest BCUT2D eigenvalue weighted by Gasteiger charge is -2.35. The highest BCUT2D eigenvalue weighted by atomic mass is 35.5. The third-order valence-corrected chi connectivity index (χ3v) is 3.18. The number of halogens is 1. The molecule has 1 aromatic heterocycles. The number of aromatic nitrogens is 2. The molecule has 0 aromatic carbocycles. The van der Waals surface area contributed by atoms with Crippen molar-refractivity contribution in [3.05, 3.63) is 17.0 Å². The Morgan fingerprint density at radius 1 is 1.25 bits per heavy atom. The maximum absolute atomic E-state index is 5.96. The predicted octanol–water partition coefficient (Wildman–Crippen LogP) is 2.92. The minimum atomic E-state index is 0.536. The van der Waals surface area contributed by atoms with Gasteiger partial charge < -0.3 is 4.90 Å². The Morgan fingerprint density at radius 3 is 2.44 bits per heavy atom. The van der Waals surface area contributed by atoms with Crippen LogP contribution < -0.4 is 4.90 Å². The topological polar surface area (TPSA) is 29.0 Å². The van der Waals surface area contributed by atoms with Crippen LogP contribution in [0.5, 0.6) is 0 Å². The molecule has 88 valence electrons. The van der Waals surface area contributed by atoms with Crippen LogP contribution in [0.2, 0.25) is 5.15 Å². The van der Waals surface area contributed by atoms with Gasteiger partial charge in [0.05, 0.1) is 0 Å². The molecule has 1 aromatic rings. The highest BCUT2D eigenvalue weighted by Crippen LogP contribution is 2.26. The van der Waals surface area contributed by atoms with Crippen LogP contribution in [0.25, 0.3) is 0 Å². The lowest BCUT2D eigenvalue weighted by atomic mass is 9.92. The molecular formula is C12H18ClN3. The number of hydrogen-bond donors (Lipinski definition) is 0. The van der Waals surface area contributed by atoms with E-state index in [-0.39, 0.29) is 0 Å². The molecule has 0 bridgehead atoms. The van der Waals surface area contributed by atoms with Gasteiger partial charge in [0.1, 0.15) is 16.8 Å². The van der Waals surface area contributed by atoms with Crippen molar-refractivity contribution in [3.63, 3.8) is 0 Å². The Labute approximate surface area is 102 Å². The summed E-state index contributed by atoms with van der Waals surface area (Å²) in [5.74, 6) is 3.15. The van der Waals surface area contributed by atoms with Gasteiger partial charge in [-0.1, -0.05) is 25.4 Å². The van der Waals surface area contributed by atoms with Crippen LogP contribution in [-0.4, -0.2) is 23.1 Å². The van der Waals surface area contributed by atoms with Crippen LogP contribution in [-0.2, 0) is 0 Å². The molecule has 3 nitrogen and oxygen atoms in total. The average Bonchev–Trinajstić information content (AvgIpc) is 2.14. The van der Waals surface area contributed by atoms with Crippen LogP contribution in [0.1, 0.15) is 26.1 Å². The van der Waals surface area contributed by atoms with Gasteiger partial charge in [-0.15, -0.1) is 0 Å². The van der Waals surface area contributed by atoms with Crippen molar-refractivity contribution in [2.75, 3.05) is 18.0 Å². The van der Waals surface area contributed by atoms with Gasteiger partial charge in [-0.2, -0.15) is 0 Å². The van der Waals surface area contributed by atoms with Gasteiger partial charge in [0, 0.05) is 19.2 Å². The third kappa shape index (κ3) is 2.64. The van der Waals surface area contributed by atoms with Crippen molar-refractivity contribution < 1.29 is 0 Å². The zero-order valence-corrected chi connectivity index (χ0v) is 10.8. The van der Waals surface area contributed by atoms with Gasteiger partial charge in [0.15, 0.2) is 0 Å². The first-order valence-electron chi connectivity index (χ1n) is 5.80. The van der Waals surface area contributed by atoms with E-state index in [4.69, 9.17) is 11.6 Å². The molecular weight excluding hydrogens is 222 g/mol. The van der Waals surface area contributed by atoms with Gasteiger partial charge in [-0.3, -0.25) is 0 Å². The van der Waals surface area contributed by atoms with E-state index >= 15 is 0 Å². The zero-order valence-electron chi connectivity index (χ0n) is 10.1. The maximum Gasteiger partial charge on any atom is 0.134 e. The second-order valence-electron chi connectivity index (χ2n) is 4.95. The summed E-state index contributed by atoms with van der Waals surface area (Å²) in [6, 6.07) is 1.86. The summed E-state index contributed by atoms with van der Waals surface area (Å²) in [4.78, 5) is 10.9. The number of nitrogens with zero attached hydrogens (tertiary/aromatic N) is 3. The summed E-state index contributed by atoms with van der Waals surface area (Å²) in [6.07, 6.45) is 1.30. The van der Waals surface area contributed by atoms with Gasteiger partial charge in [-0.05, 0) is 25.2 Å². The molecule has 1 saturated heterocycles. The van der Waals surface area contributed by atoms with Crippen molar-refractivity contribution in [3.8, 4) is 0 Å². The first kappa shape index (κ1) is 11.6. The molecule has 0 radical (unpaired) electrons. The first-order valence-corrected chi connectivity index (χ1v) is 6.18. The van der Waals surface area contributed by atoms with Crippen LogP contribution in [0, 0.1) is 18.8 Å². The van der Waals surface area contributed by atoms with E-state index in [1.165, 1.54) is 6.42 Å². The van der Waals surface area contributed by atoms with E-state index < -0.39 is 0 Å². The van der Waals surface area contributed by atoms with Gasteiger partial charge in [0.2, 0.25) is 0 Å². The lowest BCUT2D eigenvalue weighted by molar-refractivity contribution is 0.355. The van der Waals surface area contributed by atoms with E-state index in [1.807, 2.05) is 13.0 Å². The van der Waals surface area contributed by atoms with Gasteiger partial charge in [-0.25, -0.2) is 9.97 Å². The lowest BCUT2D eigenvalue weighted by Crippen LogP contribution is -2.39. The minimum absolute atomic E-state index is 0.536. The Kier molecular flexibility index (Phi) is 3.33. The Hall–Kier alpha value is -0.830. The summed E-state index contributed by atoms with van der Waals surface area (Å²) in [5, 5.41) is 0.536. The van der Waals surface area contributed by atoms with E-state index in [2.05, 4.69) is 28.7 Å². The molecule has 0 aliphatic carbocycles. The highest BCUT2D eigenvalue weighted by molar-refractivity contribution is 6.29. The largest absolute Gasteiger partial charge is 0.356 e. The van der Waals surface area contributed by atoms with Crippen molar-refractivity contribution in [2.45, 2.75) is 27.2 Å². The monoisotopic (exact) mass is 239 g/mol. The average molecular weight is 240 g/mol. The quantitative estimate of drug-likeness (QED) is 0.706. The Morgan fingerprint density at radius 2 is 1.88 bits per heavy atom. The van der Waals surface area contributed by atoms with E-state index in [1.54, 1.807) is 0 Å². The molecule has 1 aliphatic heterocycles. The summed E-state index contributed by atoms with van der Waals surface area (Å²) in [6.45, 7) is 8.59. The summed E-state index contributed by atoms with van der Waals surface area (Å²) in [7, 11) is 0. The van der Waals surface area contributed by atoms with Gasteiger partial charge >= 0.3 is 0 Å². The fourth-order valence-corrected chi connectivity index (χ4v) is 2.75. The second-order valence-corrected chi connectivity index (χ2v) is 5.33. The van der Waals surface area contributed by atoms with Crippen molar-refractivity contribution >= 4 is 17.4 Å². The smallest absolute Gasteiger partial charge is 0.134 e. The number of rotatable bonds is 1. The molecule has 0 amide bonds. The molecule has 0 N–H and O–H groups in total. The normalized spacial score (nSPS) is 25.9. The number of hydrogen-bond acceptors (Lipinski definition) is 3. The van der Waals surface area contributed by atoms with E-state index in [0.717, 1.165) is 36.6 Å². The fourth-order valence-electron chi connectivity index (χ4n) is 2.53. The van der Waals surface area contributed by atoms with Crippen LogP contribution in [0.15, 0.2) is 6.07 Å². The number of anilines is 1. The Bertz CT molecular complexity index is 350. The minimum Gasteiger partial charge on any atom is -0.356 e. The maximum atomic E-state index is 5.96. The zero-order chi connectivity index (χ0) is 11.7. The van der Waals surface area contributed by atoms with E-state index in [9.17, 15) is 0 Å². The standard InChI is InChI=1S/C12H18ClN3/c1-8-4-9(2)7-16(6-8)12-5-11(13)14-10(3)15-12/h5,8-9H,4,6-7H2,1-3H3/t8-,9+. The molecule has 0 spiro atoms. The predicted molar refractivity (Wildman–Crippen MR) is 66.9 cm³/mol. The van der Waals surface area contributed by atoms with Crippen molar-refractivity contribution in [1.29, 1.82) is 0 Å². The van der Waals surface area contributed by atoms with Crippen LogP contribution in [0.3, 0.4) is 0 Å². The first-order chi connectivity index (χ1) is 7.54. The molecule has 2 heterocycles. The SMILES string of the molecule is Cc1nc(Cl)cc(N2C[C@H](C)C[C@H](C)C2)n1. The fraction of sp³-hybridized carbons (Fsp3) is 0.667. The highest BCUT2D eigenvalue weighted by Gasteiger charge is 2.23. The molecule has 0 saturated carbocycles. The molecule has 16 heavy (non-hydrogen) atoms. The summed E-state index contributed by atoms with van der Waals surface area (Å²) < 4.78 is 0. The Balaban J connectivity index is 2.22. The number of aryl methyl sites for hydroxylation is 1. The summed E-state index contributed by atoms with van der Waals surface area (Å²) in [5.41, 5.74) is 0. The van der Waals surface area contributed by atoms with Crippen molar-refractivity contribution in [2.24, 2.45) is 11.8 Å². The summed E-state index contributed by atoms with van der Waals surface area (Å²) >= 11 is 5.96. The molecule has 1 aliphatic rings. The van der Waals surface area contributed by atoms with E-state index in [0.29, 0.717) is 5.15 Å². The molecule has 1 fully saturated rings.